The summed E-state index contributed by atoms with van der Waals surface area (Å²) in [6.07, 6.45) is 1.91. The lowest BCUT2D eigenvalue weighted by Crippen LogP contribution is -2.44. The van der Waals surface area contributed by atoms with E-state index < -0.39 is 10.2 Å². The normalized spacial score (nSPS) is 22.8. The second-order valence-electron chi connectivity index (χ2n) is 7.13. The number of carbonyl (C=O) groups is 1. The van der Waals surface area contributed by atoms with Crippen molar-refractivity contribution in [3.63, 3.8) is 0 Å². The van der Waals surface area contributed by atoms with Crippen LogP contribution in [0, 0.1) is 5.92 Å². The van der Waals surface area contributed by atoms with Crippen molar-refractivity contribution in [2.75, 3.05) is 38.6 Å². The summed E-state index contributed by atoms with van der Waals surface area (Å²) in [6, 6.07) is 5.67. The molecule has 1 atom stereocenters. The number of ether oxygens (including phenoxy) is 1. The van der Waals surface area contributed by atoms with Crippen LogP contribution >= 0.6 is 0 Å². The molecule has 0 unspecified atom stereocenters. The van der Waals surface area contributed by atoms with E-state index in [4.69, 9.17) is 4.74 Å². The van der Waals surface area contributed by atoms with Crippen LogP contribution in [0.5, 0.6) is 0 Å². The van der Waals surface area contributed by atoms with Crippen LogP contribution in [0.15, 0.2) is 18.2 Å². The zero-order valence-electron chi connectivity index (χ0n) is 15.5. The van der Waals surface area contributed by atoms with Gasteiger partial charge in [0.1, 0.15) is 11.9 Å². The third-order valence-corrected chi connectivity index (χ3v) is 6.83. The van der Waals surface area contributed by atoms with Crippen LogP contribution in [-0.2, 0) is 21.4 Å². The molecule has 0 N–H and O–H groups in total. The number of rotatable bonds is 5. The number of aromatic nitrogens is 1. The van der Waals surface area contributed by atoms with Gasteiger partial charge in [-0.1, -0.05) is 6.07 Å². The first-order chi connectivity index (χ1) is 12.3. The maximum Gasteiger partial charge on any atom is 0.415 e. The van der Waals surface area contributed by atoms with Gasteiger partial charge in [-0.3, -0.25) is 4.90 Å². The Morgan fingerprint density at radius 3 is 2.54 bits per heavy atom. The van der Waals surface area contributed by atoms with Gasteiger partial charge in [-0.05, 0) is 44.2 Å². The molecule has 8 nitrogen and oxygen atoms in total. The van der Waals surface area contributed by atoms with Crippen molar-refractivity contribution < 1.29 is 17.9 Å². The van der Waals surface area contributed by atoms with Crippen molar-refractivity contribution >= 4 is 22.1 Å². The molecule has 2 aliphatic rings. The van der Waals surface area contributed by atoms with E-state index in [1.165, 1.54) is 8.61 Å². The van der Waals surface area contributed by atoms with E-state index in [0.29, 0.717) is 31.4 Å². The number of cyclic esters (lactones) is 1. The quantitative estimate of drug-likeness (QED) is 0.770. The molecular weight excluding hydrogens is 356 g/mol. The van der Waals surface area contributed by atoms with E-state index in [1.54, 1.807) is 19.0 Å². The van der Waals surface area contributed by atoms with Crippen LogP contribution in [-0.4, -0.2) is 67.9 Å². The molecule has 3 heterocycles. The third-order valence-electron chi connectivity index (χ3n) is 4.89. The highest BCUT2D eigenvalue weighted by Gasteiger charge is 2.31. The minimum atomic E-state index is -3.33. The Kier molecular flexibility index (Phi) is 5.50. The molecule has 2 aliphatic heterocycles. The van der Waals surface area contributed by atoms with E-state index in [1.807, 2.05) is 25.1 Å². The van der Waals surface area contributed by atoms with Crippen LogP contribution in [0.1, 0.15) is 25.5 Å². The molecule has 0 saturated carbocycles. The zero-order chi connectivity index (χ0) is 18.9. The molecule has 3 rings (SSSR count). The van der Waals surface area contributed by atoms with Crippen LogP contribution in [0.4, 0.5) is 10.6 Å². The molecule has 0 bridgehead atoms. The molecule has 9 heteroatoms. The fourth-order valence-electron chi connectivity index (χ4n) is 3.39. The third kappa shape index (κ3) is 3.99. The van der Waals surface area contributed by atoms with Crippen LogP contribution in [0.25, 0.3) is 0 Å². The average molecular weight is 382 g/mol. The van der Waals surface area contributed by atoms with Gasteiger partial charge in [-0.2, -0.15) is 17.0 Å². The van der Waals surface area contributed by atoms with E-state index in [-0.39, 0.29) is 12.2 Å². The standard InChI is InChI=1S/C17H26N4O4S/c1-13-12-21(17(22)25-13)16-6-4-5-15(18-16)11-14-7-9-20(10-8-14)26(23,24)19(2)3/h4-6,13-14H,7-12H2,1-3H3/t13-/m1/s1. The van der Waals surface area contributed by atoms with Crippen LogP contribution < -0.4 is 4.90 Å². The van der Waals surface area contributed by atoms with Gasteiger partial charge in [-0.25, -0.2) is 9.78 Å². The lowest BCUT2D eigenvalue weighted by atomic mass is 9.93. The van der Waals surface area contributed by atoms with Crippen LogP contribution in [0.2, 0.25) is 0 Å². The second kappa shape index (κ2) is 7.50. The SMILES string of the molecule is C[C@@H]1CN(c2cccc(CC3CCN(S(=O)(=O)N(C)C)CC3)n2)C(=O)O1. The number of nitrogens with zero attached hydrogens (tertiary/aromatic N) is 4. The Morgan fingerprint density at radius 1 is 1.27 bits per heavy atom. The van der Waals surface area contributed by atoms with Gasteiger partial charge >= 0.3 is 6.09 Å². The van der Waals surface area contributed by atoms with Gasteiger partial charge in [0.05, 0.1) is 6.54 Å². The predicted octanol–water partition coefficient (Wildman–Crippen LogP) is 1.49. The molecule has 2 fully saturated rings. The summed E-state index contributed by atoms with van der Waals surface area (Å²) in [5.41, 5.74) is 0.920. The summed E-state index contributed by atoms with van der Waals surface area (Å²) in [7, 11) is -0.219. The highest BCUT2D eigenvalue weighted by Crippen LogP contribution is 2.25. The summed E-state index contributed by atoms with van der Waals surface area (Å²) in [5.74, 6) is 1.00. The first-order valence-corrected chi connectivity index (χ1v) is 10.3. The second-order valence-corrected chi connectivity index (χ2v) is 9.27. The maximum atomic E-state index is 12.2. The lowest BCUT2D eigenvalue weighted by Gasteiger charge is -2.32. The fourth-order valence-corrected chi connectivity index (χ4v) is 4.53. The highest BCUT2D eigenvalue weighted by molar-refractivity contribution is 7.86. The van der Waals surface area contributed by atoms with Crippen molar-refractivity contribution in [1.82, 2.24) is 13.6 Å². The van der Waals surface area contributed by atoms with Gasteiger partial charge in [-0.15, -0.1) is 0 Å². The first kappa shape index (κ1) is 19.1. The summed E-state index contributed by atoms with van der Waals surface area (Å²) in [5, 5.41) is 0. The van der Waals surface area contributed by atoms with Crippen LogP contribution in [0.3, 0.4) is 0 Å². The van der Waals surface area contributed by atoms with E-state index in [9.17, 15) is 13.2 Å². The van der Waals surface area contributed by atoms with Crippen molar-refractivity contribution in [2.45, 2.75) is 32.3 Å². The fraction of sp³-hybridized carbons (Fsp3) is 0.647. The molecule has 0 aliphatic carbocycles. The molecule has 26 heavy (non-hydrogen) atoms. The van der Waals surface area contributed by atoms with Gasteiger partial charge in [0.2, 0.25) is 0 Å². The van der Waals surface area contributed by atoms with E-state index >= 15 is 0 Å². The van der Waals surface area contributed by atoms with Crippen molar-refractivity contribution in [3.8, 4) is 0 Å². The Morgan fingerprint density at radius 2 is 1.96 bits per heavy atom. The molecule has 0 radical (unpaired) electrons. The zero-order valence-corrected chi connectivity index (χ0v) is 16.3. The molecule has 1 amide bonds. The Hall–Kier alpha value is -1.71. The first-order valence-electron chi connectivity index (χ1n) is 8.89. The van der Waals surface area contributed by atoms with Gasteiger partial charge < -0.3 is 4.74 Å². The Labute approximate surface area is 154 Å². The Balaban J connectivity index is 1.61. The van der Waals surface area contributed by atoms with Gasteiger partial charge in [0.25, 0.3) is 10.2 Å². The van der Waals surface area contributed by atoms with Crippen molar-refractivity contribution in [3.05, 3.63) is 23.9 Å². The summed E-state index contributed by atoms with van der Waals surface area (Å²) in [4.78, 5) is 18.0. The maximum absolute atomic E-state index is 12.2. The number of anilines is 1. The number of carbonyl (C=O) groups excluding carboxylic acids is 1. The molecule has 1 aromatic heterocycles. The minimum Gasteiger partial charge on any atom is -0.444 e. The van der Waals surface area contributed by atoms with E-state index in [0.717, 1.165) is 25.0 Å². The molecule has 0 spiro atoms. The summed E-state index contributed by atoms with van der Waals surface area (Å²) < 4.78 is 32.3. The highest BCUT2D eigenvalue weighted by atomic mass is 32.2. The van der Waals surface area contributed by atoms with E-state index in [2.05, 4.69) is 4.98 Å². The van der Waals surface area contributed by atoms with Crippen molar-refractivity contribution in [1.29, 1.82) is 0 Å². The molecule has 144 valence electrons. The smallest absolute Gasteiger partial charge is 0.415 e. The molecule has 2 saturated heterocycles. The number of hydrogen-bond acceptors (Lipinski definition) is 5. The Bertz CT molecular complexity index is 760. The number of pyridine rings is 1. The summed E-state index contributed by atoms with van der Waals surface area (Å²) in [6.45, 7) is 3.43. The largest absolute Gasteiger partial charge is 0.444 e. The van der Waals surface area contributed by atoms with Gasteiger partial charge in [0, 0.05) is 32.9 Å². The predicted molar refractivity (Wildman–Crippen MR) is 98.1 cm³/mol. The minimum absolute atomic E-state index is 0.129. The average Bonchev–Trinajstić information content (AvgIpc) is 2.94. The molecular formula is C17H26N4O4S. The van der Waals surface area contributed by atoms with Gasteiger partial charge in [0.15, 0.2) is 0 Å². The van der Waals surface area contributed by atoms with Crippen molar-refractivity contribution in [2.24, 2.45) is 5.92 Å². The summed E-state index contributed by atoms with van der Waals surface area (Å²) >= 11 is 0. The lowest BCUT2D eigenvalue weighted by molar-refractivity contribution is 0.150. The number of amides is 1. The number of hydrogen-bond donors (Lipinski definition) is 0. The number of piperidine rings is 1. The molecule has 1 aromatic rings. The topological polar surface area (TPSA) is 83.1 Å². The monoisotopic (exact) mass is 382 g/mol. The molecule has 0 aromatic carbocycles.